The second kappa shape index (κ2) is 22.7. The SMILES string of the molecule is CO.O=C(O)c1ccc(Cc2ccc(C(=O)O)cc2)cc1.O=C1c2ccccc2C(=O)N1c1ccc(O)cc1.Oc1cc[c-]cc1.Oc1cc[c-]cc1.[Y]. The van der Waals surface area contributed by atoms with Gasteiger partial charge in [0.15, 0.2) is 0 Å². The molecule has 54 heavy (non-hydrogen) atoms. The molecule has 6 aromatic carbocycles. The first-order chi connectivity index (χ1) is 25.5. The summed E-state index contributed by atoms with van der Waals surface area (Å²) < 4.78 is 0. The van der Waals surface area contributed by atoms with Gasteiger partial charge in [0.2, 0.25) is 0 Å². The zero-order chi connectivity index (χ0) is 38.8. The first-order valence-corrected chi connectivity index (χ1v) is 15.7. The van der Waals surface area contributed by atoms with Crippen molar-refractivity contribution in [3.63, 3.8) is 0 Å². The summed E-state index contributed by atoms with van der Waals surface area (Å²) in [7, 11) is 1.00. The maximum absolute atomic E-state index is 12.1. The normalized spacial score (nSPS) is 10.5. The summed E-state index contributed by atoms with van der Waals surface area (Å²) in [5.41, 5.74) is 3.75. The van der Waals surface area contributed by atoms with Crippen molar-refractivity contribution in [1.82, 2.24) is 0 Å². The third-order valence-electron chi connectivity index (χ3n) is 7.11. The van der Waals surface area contributed by atoms with Crippen molar-refractivity contribution in [2.45, 2.75) is 6.42 Å². The topological polar surface area (TPSA) is 193 Å². The van der Waals surface area contributed by atoms with Gasteiger partial charge in [0.1, 0.15) is 5.75 Å². The van der Waals surface area contributed by atoms with Crippen LogP contribution in [0.4, 0.5) is 5.69 Å². The van der Waals surface area contributed by atoms with Gasteiger partial charge in [0.05, 0.1) is 27.9 Å². The quantitative estimate of drug-likeness (QED) is 0.0793. The second-order valence-electron chi connectivity index (χ2n) is 10.7. The molecule has 1 radical (unpaired) electrons. The molecule has 0 spiro atoms. The van der Waals surface area contributed by atoms with E-state index < -0.39 is 11.9 Å². The first-order valence-electron chi connectivity index (χ1n) is 15.7. The van der Waals surface area contributed by atoms with Gasteiger partial charge >= 0.3 is 11.9 Å². The number of anilines is 1. The maximum Gasteiger partial charge on any atom is 0.335 e. The van der Waals surface area contributed by atoms with Crippen LogP contribution in [0.1, 0.15) is 52.6 Å². The molecule has 273 valence electrons. The molecule has 0 aliphatic carbocycles. The van der Waals surface area contributed by atoms with E-state index in [-0.39, 0.29) is 61.4 Å². The van der Waals surface area contributed by atoms with E-state index in [9.17, 15) is 24.3 Å². The number of phenols is 3. The molecule has 7 rings (SSSR count). The minimum atomic E-state index is -0.947. The van der Waals surface area contributed by atoms with E-state index >= 15 is 0 Å². The van der Waals surface area contributed by atoms with Gasteiger partial charge in [-0.05, 0) is 78.2 Å². The third-order valence-corrected chi connectivity index (χ3v) is 7.11. The van der Waals surface area contributed by atoms with Gasteiger partial charge in [-0.15, -0.1) is 24.3 Å². The minimum absolute atomic E-state index is 0. The number of hydrogen-bond acceptors (Lipinski definition) is 8. The molecule has 1 aliphatic heterocycles. The fraction of sp³-hybridized carbons (Fsp3) is 0.0476. The number of aliphatic hydroxyl groups excluding tert-OH is 1. The van der Waals surface area contributed by atoms with Crippen molar-refractivity contribution in [2.75, 3.05) is 12.0 Å². The largest absolute Gasteiger partial charge is 0.533 e. The monoisotopic (exact) mass is 802 g/mol. The summed E-state index contributed by atoms with van der Waals surface area (Å²) in [5, 5.41) is 51.0. The number of aromatic hydroxyl groups is 3. The summed E-state index contributed by atoms with van der Waals surface area (Å²) >= 11 is 0. The summed E-state index contributed by atoms with van der Waals surface area (Å²) in [6.07, 6.45) is 0.639. The van der Waals surface area contributed by atoms with Crippen LogP contribution in [0, 0.1) is 12.1 Å². The van der Waals surface area contributed by atoms with Gasteiger partial charge in [-0.25, -0.2) is 14.5 Å². The number of benzene rings is 6. The Balaban J connectivity index is 0.000000265. The van der Waals surface area contributed by atoms with Crippen LogP contribution < -0.4 is 4.90 Å². The first kappa shape index (κ1) is 44.0. The number of carbonyl (C=O) groups is 4. The molecule has 11 nitrogen and oxygen atoms in total. The standard InChI is InChI=1S/C15H12O4.C14H9NO3.2C6H5O.CH4O.Y/c16-14(17)12-5-1-10(2-6-12)9-11-3-7-13(8-4-11)15(18)19;16-10-7-5-9(6-8-10)15-13(17)11-3-1-2-4-12(11)14(15)18;2*7-6-4-2-1-3-5-6;1-2;/h1-8H,9H2,(H,16,17)(H,18,19);1-8,16H;2*2-5,7H;2H,1H3;/q;;2*-1;;. The van der Waals surface area contributed by atoms with E-state index in [1.807, 2.05) is 0 Å². The Labute approximate surface area is 336 Å². The number of aliphatic hydroxyl groups is 1. The van der Waals surface area contributed by atoms with Crippen molar-refractivity contribution in [1.29, 1.82) is 0 Å². The third kappa shape index (κ3) is 13.4. The van der Waals surface area contributed by atoms with E-state index in [0.717, 1.165) is 23.1 Å². The van der Waals surface area contributed by atoms with Gasteiger partial charge in [0.25, 0.3) is 11.8 Å². The molecule has 0 atom stereocenters. The molecule has 6 N–H and O–H groups in total. The number of phenolic OH excluding ortho intramolecular Hbond substituents is 3. The molecule has 0 saturated carbocycles. The van der Waals surface area contributed by atoms with E-state index in [4.69, 9.17) is 25.5 Å². The number of hydrogen-bond donors (Lipinski definition) is 6. The molecule has 1 aliphatic rings. The van der Waals surface area contributed by atoms with Gasteiger partial charge in [-0.3, -0.25) is 9.59 Å². The van der Waals surface area contributed by atoms with E-state index in [2.05, 4.69) is 12.1 Å². The van der Waals surface area contributed by atoms with Gasteiger partial charge < -0.3 is 30.6 Å². The summed E-state index contributed by atoms with van der Waals surface area (Å²) in [6, 6.07) is 44.5. The maximum atomic E-state index is 12.1. The number of carbonyl (C=O) groups excluding carboxylic acids is 2. The molecule has 12 heteroatoms. The molecule has 2 amide bonds. The number of nitrogens with zero attached hydrogens (tertiary/aromatic N) is 1. The van der Waals surface area contributed by atoms with Crippen LogP contribution in [0.5, 0.6) is 17.2 Å². The summed E-state index contributed by atoms with van der Waals surface area (Å²) in [5.74, 6) is -1.88. The van der Waals surface area contributed by atoms with Crippen molar-refractivity contribution in [3.05, 3.63) is 191 Å². The van der Waals surface area contributed by atoms with Crippen LogP contribution in [-0.4, -0.2) is 61.5 Å². The van der Waals surface area contributed by atoms with Crippen LogP contribution in [0.25, 0.3) is 0 Å². The number of carboxylic acids is 2. The second-order valence-corrected chi connectivity index (χ2v) is 10.7. The molecule has 1 heterocycles. The van der Waals surface area contributed by atoms with E-state index in [0.29, 0.717) is 34.7 Å². The number of imide groups is 1. The van der Waals surface area contributed by atoms with E-state index in [1.54, 1.807) is 121 Å². The smallest absolute Gasteiger partial charge is 0.335 e. The summed E-state index contributed by atoms with van der Waals surface area (Å²) in [4.78, 5) is 46.8. The van der Waals surface area contributed by atoms with Crippen LogP contribution in [0.2, 0.25) is 0 Å². The van der Waals surface area contributed by atoms with Gasteiger partial charge in [0, 0.05) is 51.3 Å². The molecule has 0 fully saturated rings. The van der Waals surface area contributed by atoms with Crippen LogP contribution >= 0.6 is 0 Å². The van der Waals surface area contributed by atoms with E-state index in [1.165, 1.54) is 24.3 Å². The number of amides is 2. The zero-order valence-corrected chi connectivity index (χ0v) is 31.7. The Bertz CT molecular complexity index is 1950. The molecular weight excluding hydrogens is 767 g/mol. The Hall–Kier alpha value is -6.14. The zero-order valence-electron chi connectivity index (χ0n) is 28.9. The number of aromatic carboxylic acids is 2. The van der Waals surface area contributed by atoms with Gasteiger partial charge in [-0.2, -0.15) is 36.4 Å². The molecule has 0 aromatic heterocycles. The van der Waals surface area contributed by atoms with Crippen molar-refractivity contribution in [3.8, 4) is 17.2 Å². The fourth-order valence-electron chi connectivity index (χ4n) is 4.55. The predicted molar refractivity (Wildman–Crippen MR) is 197 cm³/mol. The fourth-order valence-corrected chi connectivity index (χ4v) is 4.55. The number of carboxylic acid groups (broad SMARTS) is 2. The number of fused-ring (bicyclic) bond motifs is 1. The minimum Gasteiger partial charge on any atom is -0.533 e. The predicted octanol–water partition coefficient (Wildman–Crippen LogP) is 6.86. The molecule has 6 aromatic rings. The molecule has 0 unspecified atom stereocenters. The molecule has 0 bridgehead atoms. The molecule has 0 saturated heterocycles. The Morgan fingerprint density at radius 1 is 0.519 bits per heavy atom. The van der Waals surface area contributed by atoms with Crippen LogP contribution in [0.15, 0.2) is 146 Å². The van der Waals surface area contributed by atoms with Crippen LogP contribution in [-0.2, 0) is 39.1 Å². The van der Waals surface area contributed by atoms with Crippen LogP contribution in [0.3, 0.4) is 0 Å². The molecular formula is C42H35NO10Y-2. The Kier molecular flexibility index (Phi) is 18.5. The average molecular weight is 803 g/mol. The van der Waals surface area contributed by atoms with Gasteiger partial charge in [-0.1, -0.05) is 36.4 Å². The van der Waals surface area contributed by atoms with Crippen molar-refractivity contribution < 1.29 is 82.5 Å². The number of rotatable bonds is 5. The van der Waals surface area contributed by atoms with Crippen molar-refractivity contribution >= 4 is 29.4 Å². The summed E-state index contributed by atoms with van der Waals surface area (Å²) in [6.45, 7) is 0. The average Bonchev–Trinajstić information content (AvgIpc) is 3.43. The Morgan fingerprint density at radius 2 is 0.852 bits per heavy atom. The Morgan fingerprint density at radius 3 is 1.15 bits per heavy atom. The van der Waals surface area contributed by atoms with Crippen molar-refractivity contribution in [2.24, 2.45) is 0 Å².